The molecular weight excluding hydrogens is 262 g/mol. The van der Waals surface area contributed by atoms with E-state index < -0.39 is 0 Å². The van der Waals surface area contributed by atoms with Crippen LogP contribution < -0.4 is 5.73 Å². The van der Waals surface area contributed by atoms with Crippen molar-refractivity contribution in [3.05, 3.63) is 23.8 Å². The number of phenols is 2. The van der Waals surface area contributed by atoms with E-state index in [2.05, 4.69) is 0 Å². The van der Waals surface area contributed by atoms with E-state index in [0.29, 0.717) is 0 Å². The first kappa shape index (κ1) is 17.8. The third kappa shape index (κ3) is 8.61. The third-order valence-corrected chi connectivity index (χ3v) is 3.96. The molecule has 3 heteroatoms. The highest BCUT2D eigenvalue weighted by Crippen LogP contribution is 2.25. The second kappa shape index (κ2) is 11.4. The predicted molar refractivity (Wildman–Crippen MR) is 88.7 cm³/mol. The summed E-state index contributed by atoms with van der Waals surface area (Å²) in [6.07, 6.45) is 13.9. The molecule has 0 amide bonds. The van der Waals surface area contributed by atoms with Gasteiger partial charge >= 0.3 is 0 Å². The van der Waals surface area contributed by atoms with Crippen LogP contribution in [0.25, 0.3) is 0 Å². The van der Waals surface area contributed by atoms with Crippen molar-refractivity contribution in [2.45, 2.75) is 70.6 Å². The lowest BCUT2D eigenvalue weighted by atomic mass is 10.0. The van der Waals surface area contributed by atoms with Crippen molar-refractivity contribution < 1.29 is 10.2 Å². The van der Waals surface area contributed by atoms with Gasteiger partial charge in [0.1, 0.15) is 0 Å². The van der Waals surface area contributed by atoms with E-state index >= 15 is 0 Å². The van der Waals surface area contributed by atoms with Gasteiger partial charge in [-0.25, -0.2) is 0 Å². The Morgan fingerprint density at radius 1 is 0.667 bits per heavy atom. The molecule has 0 unspecified atom stereocenters. The number of rotatable bonds is 12. The highest BCUT2D eigenvalue weighted by Gasteiger charge is 2.00. The van der Waals surface area contributed by atoms with Crippen LogP contribution in [0.4, 0.5) is 0 Å². The van der Waals surface area contributed by atoms with E-state index in [1.807, 2.05) is 6.07 Å². The fourth-order valence-electron chi connectivity index (χ4n) is 2.61. The van der Waals surface area contributed by atoms with Crippen molar-refractivity contribution >= 4 is 0 Å². The number of benzene rings is 1. The minimum atomic E-state index is -0.0368. The molecule has 0 bridgehead atoms. The maximum Gasteiger partial charge on any atom is 0.157 e. The zero-order valence-electron chi connectivity index (χ0n) is 13.2. The van der Waals surface area contributed by atoms with Crippen LogP contribution in [0.2, 0.25) is 0 Å². The van der Waals surface area contributed by atoms with E-state index in [0.717, 1.165) is 24.9 Å². The van der Waals surface area contributed by atoms with Gasteiger partial charge in [-0.15, -0.1) is 0 Å². The zero-order chi connectivity index (χ0) is 15.3. The Balaban J connectivity index is 1.91. The Morgan fingerprint density at radius 2 is 1.19 bits per heavy atom. The summed E-state index contributed by atoms with van der Waals surface area (Å²) < 4.78 is 0. The second-order valence-electron chi connectivity index (χ2n) is 5.90. The molecule has 0 heterocycles. The number of phenolic OH excluding ortho intramolecular Hbond substituents is 2. The van der Waals surface area contributed by atoms with E-state index in [1.165, 1.54) is 57.8 Å². The van der Waals surface area contributed by atoms with Crippen LogP contribution in [-0.2, 0) is 6.42 Å². The van der Waals surface area contributed by atoms with E-state index in [4.69, 9.17) is 5.73 Å². The van der Waals surface area contributed by atoms with Crippen LogP contribution in [0, 0.1) is 0 Å². The van der Waals surface area contributed by atoms with Gasteiger partial charge in [-0.2, -0.15) is 0 Å². The molecule has 1 aromatic carbocycles. The van der Waals surface area contributed by atoms with Crippen molar-refractivity contribution in [1.82, 2.24) is 0 Å². The topological polar surface area (TPSA) is 66.5 Å². The van der Waals surface area contributed by atoms with Gasteiger partial charge in [0.05, 0.1) is 0 Å². The summed E-state index contributed by atoms with van der Waals surface area (Å²) >= 11 is 0. The van der Waals surface area contributed by atoms with Crippen LogP contribution in [0.1, 0.15) is 69.8 Å². The third-order valence-electron chi connectivity index (χ3n) is 3.96. The van der Waals surface area contributed by atoms with Gasteiger partial charge in [0.2, 0.25) is 0 Å². The zero-order valence-corrected chi connectivity index (χ0v) is 13.2. The number of aromatic hydroxyl groups is 2. The summed E-state index contributed by atoms with van der Waals surface area (Å²) in [5, 5.41) is 18.7. The van der Waals surface area contributed by atoms with Gasteiger partial charge in [-0.1, -0.05) is 57.4 Å². The number of nitrogens with two attached hydrogens (primary N) is 1. The van der Waals surface area contributed by atoms with E-state index in [9.17, 15) is 10.2 Å². The SMILES string of the molecule is NCCCCCCCCCCCCc1ccc(O)c(O)c1. The minimum absolute atomic E-state index is 0.0119. The van der Waals surface area contributed by atoms with Crippen LogP contribution in [0.5, 0.6) is 11.5 Å². The normalized spacial score (nSPS) is 10.9. The fraction of sp³-hybridized carbons (Fsp3) is 0.667. The average Bonchev–Trinajstić information content (AvgIpc) is 2.48. The highest BCUT2D eigenvalue weighted by atomic mass is 16.3. The number of unbranched alkanes of at least 4 members (excludes halogenated alkanes) is 9. The van der Waals surface area contributed by atoms with Gasteiger partial charge in [0.25, 0.3) is 0 Å². The minimum Gasteiger partial charge on any atom is -0.504 e. The number of hydrogen-bond donors (Lipinski definition) is 3. The first-order valence-electron chi connectivity index (χ1n) is 8.45. The Kier molecular flexibility index (Phi) is 9.71. The molecule has 0 radical (unpaired) electrons. The van der Waals surface area contributed by atoms with Crippen molar-refractivity contribution in [2.75, 3.05) is 6.54 Å². The van der Waals surface area contributed by atoms with Gasteiger partial charge in [0.15, 0.2) is 11.5 Å². The predicted octanol–water partition coefficient (Wildman–Crippen LogP) is 4.50. The molecular formula is C18H31NO2. The molecule has 120 valence electrons. The van der Waals surface area contributed by atoms with Gasteiger partial charge in [-0.3, -0.25) is 0 Å². The summed E-state index contributed by atoms with van der Waals surface area (Å²) in [6.45, 7) is 0.832. The first-order valence-corrected chi connectivity index (χ1v) is 8.45. The monoisotopic (exact) mass is 293 g/mol. The lowest BCUT2D eigenvalue weighted by Gasteiger charge is -2.04. The van der Waals surface area contributed by atoms with Crippen LogP contribution in [0.15, 0.2) is 18.2 Å². The van der Waals surface area contributed by atoms with E-state index in [-0.39, 0.29) is 11.5 Å². The molecule has 0 fully saturated rings. The first-order chi connectivity index (χ1) is 10.2. The molecule has 0 saturated heterocycles. The second-order valence-corrected chi connectivity index (χ2v) is 5.90. The Hall–Kier alpha value is -1.22. The van der Waals surface area contributed by atoms with Gasteiger partial charge in [-0.05, 0) is 43.5 Å². The van der Waals surface area contributed by atoms with Crippen molar-refractivity contribution in [1.29, 1.82) is 0 Å². The Bertz CT molecular complexity index is 379. The van der Waals surface area contributed by atoms with E-state index in [1.54, 1.807) is 12.1 Å². The lowest BCUT2D eigenvalue weighted by molar-refractivity contribution is 0.403. The maximum atomic E-state index is 9.42. The van der Waals surface area contributed by atoms with Gasteiger partial charge in [0, 0.05) is 0 Å². The molecule has 1 aromatic rings. The molecule has 0 spiro atoms. The molecule has 0 aliphatic rings. The molecule has 0 aromatic heterocycles. The van der Waals surface area contributed by atoms with Crippen molar-refractivity contribution in [2.24, 2.45) is 5.73 Å². The quantitative estimate of drug-likeness (QED) is 0.392. The molecule has 3 nitrogen and oxygen atoms in total. The maximum absolute atomic E-state index is 9.42. The standard InChI is InChI=1S/C18H31NO2/c19-14-10-8-6-4-2-1-3-5-7-9-11-16-12-13-17(20)18(21)15-16/h12-13,15,20-21H,1-11,14,19H2. The van der Waals surface area contributed by atoms with Crippen LogP contribution in [0.3, 0.4) is 0 Å². The molecule has 1 rings (SSSR count). The molecule has 0 saturated carbocycles. The van der Waals surface area contributed by atoms with Crippen molar-refractivity contribution in [3.8, 4) is 11.5 Å². The molecule has 0 aliphatic heterocycles. The molecule has 0 aliphatic carbocycles. The smallest absolute Gasteiger partial charge is 0.157 e. The number of hydrogen-bond acceptors (Lipinski definition) is 3. The summed E-state index contributed by atoms with van der Waals surface area (Å²) in [5.74, 6) is -0.0488. The van der Waals surface area contributed by atoms with Gasteiger partial charge < -0.3 is 15.9 Å². The summed E-state index contributed by atoms with van der Waals surface area (Å²) in [6, 6.07) is 5.11. The van der Waals surface area contributed by atoms with Crippen LogP contribution in [-0.4, -0.2) is 16.8 Å². The Labute approximate surface area is 129 Å². The lowest BCUT2D eigenvalue weighted by Crippen LogP contribution is -1.97. The molecule has 4 N–H and O–H groups in total. The highest BCUT2D eigenvalue weighted by molar-refractivity contribution is 5.40. The summed E-state index contributed by atoms with van der Waals surface area (Å²) in [5.41, 5.74) is 6.57. The van der Waals surface area contributed by atoms with Crippen LogP contribution >= 0.6 is 0 Å². The Morgan fingerprint density at radius 3 is 1.71 bits per heavy atom. The fourth-order valence-corrected chi connectivity index (χ4v) is 2.61. The number of aryl methyl sites for hydroxylation is 1. The molecule has 21 heavy (non-hydrogen) atoms. The summed E-state index contributed by atoms with van der Waals surface area (Å²) in [4.78, 5) is 0. The average molecular weight is 293 g/mol. The summed E-state index contributed by atoms with van der Waals surface area (Å²) in [7, 11) is 0. The van der Waals surface area contributed by atoms with Crippen molar-refractivity contribution in [3.63, 3.8) is 0 Å². The molecule has 0 atom stereocenters. The largest absolute Gasteiger partial charge is 0.504 e.